The second-order valence-electron chi connectivity index (χ2n) is 4.64. The topological polar surface area (TPSA) is 29.1 Å². The fourth-order valence-electron chi connectivity index (χ4n) is 1.99. The molecule has 2 unspecified atom stereocenters. The van der Waals surface area contributed by atoms with Crippen LogP contribution in [0.4, 0.5) is 0 Å². The number of hydrogen-bond acceptors (Lipinski definition) is 2. The Labute approximate surface area is 111 Å². The Kier molecular flexibility index (Phi) is 6.19. The van der Waals surface area contributed by atoms with E-state index in [4.69, 9.17) is 0 Å². The first-order valence-corrected chi connectivity index (χ1v) is 8.21. The molecule has 1 N–H and O–H groups in total. The summed E-state index contributed by atoms with van der Waals surface area (Å²) in [6.07, 6.45) is 4.47. The Morgan fingerprint density at radius 3 is 2.88 bits per heavy atom. The summed E-state index contributed by atoms with van der Waals surface area (Å²) in [6.45, 7) is 5.09. The molecular weight excluding hydrogens is 286 g/mol. The van der Waals surface area contributed by atoms with Gasteiger partial charge in [0.2, 0.25) is 5.91 Å². The average Bonchev–Trinajstić information content (AvgIpc) is 2.72. The van der Waals surface area contributed by atoms with Crippen molar-refractivity contribution < 1.29 is 4.79 Å². The van der Waals surface area contributed by atoms with Gasteiger partial charge >= 0.3 is 0 Å². The number of thioether (sulfide) groups is 1. The molecule has 1 rings (SSSR count). The Morgan fingerprint density at radius 1 is 1.62 bits per heavy atom. The Morgan fingerprint density at radius 2 is 2.38 bits per heavy atom. The normalized spacial score (nSPS) is 26.7. The lowest BCUT2D eigenvalue weighted by Crippen LogP contribution is -2.42. The molecule has 0 bridgehead atoms. The van der Waals surface area contributed by atoms with Crippen LogP contribution >= 0.6 is 27.7 Å². The van der Waals surface area contributed by atoms with Crippen LogP contribution < -0.4 is 5.32 Å². The second-order valence-corrected chi connectivity index (χ2v) is 7.04. The van der Waals surface area contributed by atoms with Crippen LogP contribution in [-0.4, -0.2) is 28.3 Å². The van der Waals surface area contributed by atoms with E-state index < -0.39 is 0 Å². The summed E-state index contributed by atoms with van der Waals surface area (Å²) in [4.78, 5) is 12.0. The van der Waals surface area contributed by atoms with Gasteiger partial charge in [-0.2, -0.15) is 0 Å². The van der Waals surface area contributed by atoms with E-state index in [1.54, 1.807) is 11.8 Å². The molecule has 0 aliphatic carbocycles. The Bertz CT molecular complexity index is 229. The molecule has 0 spiro atoms. The molecule has 1 saturated heterocycles. The first-order valence-electron chi connectivity index (χ1n) is 6.10. The number of amides is 1. The molecule has 2 atom stereocenters. The zero-order chi connectivity index (χ0) is 12.0. The number of carbonyl (C=O) groups excluding carboxylic acids is 1. The van der Waals surface area contributed by atoms with E-state index in [0.29, 0.717) is 5.92 Å². The van der Waals surface area contributed by atoms with Crippen molar-refractivity contribution in [1.29, 1.82) is 0 Å². The van der Waals surface area contributed by atoms with Crippen molar-refractivity contribution in [3.8, 4) is 0 Å². The molecule has 1 amide bonds. The van der Waals surface area contributed by atoms with E-state index in [1.165, 1.54) is 6.42 Å². The third-order valence-corrected chi connectivity index (χ3v) is 5.32. The highest BCUT2D eigenvalue weighted by Crippen LogP contribution is 2.37. The fraction of sp³-hybridized carbons (Fsp3) is 0.917. The van der Waals surface area contributed by atoms with Crippen molar-refractivity contribution in [1.82, 2.24) is 5.32 Å². The van der Waals surface area contributed by atoms with Crippen molar-refractivity contribution in [2.24, 2.45) is 5.92 Å². The standard InChI is InChI=1S/C12H22BrNOS/c1-3-10(5-7-13)9-14-11(15)12(2)6-4-8-16-12/h10H,3-9H2,1-2H3,(H,14,15). The largest absolute Gasteiger partial charge is 0.355 e. The third-order valence-electron chi connectivity index (χ3n) is 3.35. The fourth-order valence-corrected chi connectivity index (χ4v) is 3.87. The lowest BCUT2D eigenvalue weighted by molar-refractivity contribution is -0.123. The van der Waals surface area contributed by atoms with Crippen LogP contribution in [0.1, 0.15) is 39.5 Å². The van der Waals surface area contributed by atoms with Crippen LogP contribution in [0.25, 0.3) is 0 Å². The number of hydrogen-bond donors (Lipinski definition) is 1. The molecule has 4 heteroatoms. The zero-order valence-corrected chi connectivity index (χ0v) is 12.6. The maximum Gasteiger partial charge on any atom is 0.235 e. The van der Waals surface area contributed by atoms with E-state index in [9.17, 15) is 4.79 Å². The van der Waals surface area contributed by atoms with Gasteiger partial charge in [-0.1, -0.05) is 29.3 Å². The quantitative estimate of drug-likeness (QED) is 0.764. The van der Waals surface area contributed by atoms with E-state index in [0.717, 1.165) is 36.9 Å². The van der Waals surface area contributed by atoms with Crippen molar-refractivity contribution in [2.45, 2.75) is 44.3 Å². The molecule has 1 aliphatic heterocycles. The number of nitrogens with one attached hydrogen (secondary N) is 1. The molecule has 1 aliphatic rings. The van der Waals surface area contributed by atoms with Gasteiger partial charge in [-0.15, -0.1) is 11.8 Å². The molecule has 16 heavy (non-hydrogen) atoms. The maximum absolute atomic E-state index is 12.0. The second kappa shape index (κ2) is 6.90. The number of rotatable bonds is 6. The number of alkyl halides is 1. The van der Waals surface area contributed by atoms with Crippen LogP contribution in [0.5, 0.6) is 0 Å². The molecule has 0 radical (unpaired) electrons. The van der Waals surface area contributed by atoms with Crippen molar-refractivity contribution in [3.63, 3.8) is 0 Å². The minimum absolute atomic E-state index is 0.160. The van der Waals surface area contributed by atoms with E-state index in [1.807, 2.05) is 0 Å². The van der Waals surface area contributed by atoms with Gasteiger partial charge < -0.3 is 5.32 Å². The van der Waals surface area contributed by atoms with Gasteiger partial charge in [0.1, 0.15) is 0 Å². The van der Waals surface area contributed by atoms with Crippen LogP contribution in [0.15, 0.2) is 0 Å². The molecular formula is C12H22BrNOS. The van der Waals surface area contributed by atoms with Crippen molar-refractivity contribution in [3.05, 3.63) is 0 Å². The van der Waals surface area contributed by atoms with Gasteiger partial charge in [0.15, 0.2) is 0 Å². The minimum Gasteiger partial charge on any atom is -0.355 e. The van der Waals surface area contributed by atoms with Gasteiger partial charge in [0.05, 0.1) is 4.75 Å². The van der Waals surface area contributed by atoms with E-state index in [-0.39, 0.29) is 10.7 Å². The maximum atomic E-state index is 12.0. The lowest BCUT2D eigenvalue weighted by atomic mass is 10.0. The predicted octanol–water partition coefficient (Wildman–Crippen LogP) is 3.20. The van der Waals surface area contributed by atoms with Crippen LogP contribution in [-0.2, 0) is 4.79 Å². The summed E-state index contributed by atoms with van der Waals surface area (Å²) in [5, 5.41) is 4.14. The number of carbonyl (C=O) groups is 1. The summed E-state index contributed by atoms with van der Waals surface area (Å²) in [6, 6.07) is 0. The Hall–Kier alpha value is 0.300. The molecule has 1 fully saturated rings. The van der Waals surface area contributed by atoms with Gasteiger partial charge in [-0.25, -0.2) is 0 Å². The molecule has 0 aromatic rings. The van der Waals surface area contributed by atoms with Gasteiger partial charge in [-0.3, -0.25) is 4.79 Å². The van der Waals surface area contributed by atoms with E-state index in [2.05, 4.69) is 35.1 Å². The van der Waals surface area contributed by atoms with Gasteiger partial charge in [0, 0.05) is 11.9 Å². The molecule has 0 aromatic heterocycles. The summed E-state index contributed by atoms with van der Waals surface area (Å²) in [5.74, 6) is 1.98. The predicted molar refractivity (Wildman–Crippen MR) is 75.3 cm³/mol. The molecule has 1 heterocycles. The van der Waals surface area contributed by atoms with Crippen LogP contribution in [0, 0.1) is 5.92 Å². The van der Waals surface area contributed by atoms with E-state index >= 15 is 0 Å². The SMILES string of the molecule is CCC(CCBr)CNC(=O)C1(C)CCCS1. The van der Waals surface area contributed by atoms with Crippen LogP contribution in [0.3, 0.4) is 0 Å². The lowest BCUT2D eigenvalue weighted by Gasteiger charge is -2.23. The third kappa shape index (κ3) is 3.95. The first-order chi connectivity index (χ1) is 7.62. The monoisotopic (exact) mass is 307 g/mol. The first kappa shape index (κ1) is 14.4. The summed E-state index contributed by atoms with van der Waals surface area (Å²) < 4.78 is -0.160. The molecule has 0 saturated carbocycles. The Balaban J connectivity index is 2.33. The zero-order valence-electron chi connectivity index (χ0n) is 10.2. The van der Waals surface area contributed by atoms with Crippen LogP contribution in [0.2, 0.25) is 0 Å². The molecule has 2 nitrogen and oxygen atoms in total. The number of halogens is 1. The molecule has 94 valence electrons. The highest BCUT2D eigenvalue weighted by molar-refractivity contribution is 9.09. The van der Waals surface area contributed by atoms with Gasteiger partial charge in [-0.05, 0) is 37.9 Å². The molecule has 0 aromatic carbocycles. The highest BCUT2D eigenvalue weighted by Gasteiger charge is 2.36. The minimum atomic E-state index is -0.160. The highest BCUT2D eigenvalue weighted by atomic mass is 79.9. The van der Waals surface area contributed by atoms with Gasteiger partial charge in [0.25, 0.3) is 0 Å². The van der Waals surface area contributed by atoms with Crippen molar-refractivity contribution in [2.75, 3.05) is 17.6 Å². The summed E-state index contributed by atoms with van der Waals surface area (Å²) in [5.41, 5.74) is 0. The average molecular weight is 308 g/mol. The smallest absolute Gasteiger partial charge is 0.235 e. The summed E-state index contributed by atoms with van der Waals surface area (Å²) >= 11 is 5.26. The van der Waals surface area contributed by atoms with Crippen molar-refractivity contribution >= 4 is 33.6 Å². The summed E-state index contributed by atoms with van der Waals surface area (Å²) in [7, 11) is 0.